The maximum atomic E-state index is 11.9. The van der Waals surface area contributed by atoms with Crippen LogP contribution in [0.1, 0.15) is 30.8 Å². The second-order valence-corrected chi connectivity index (χ2v) is 6.27. The number of halogens is 1. The molecule has 6 heteroatoms. The molecule has 1 amide bonds. The fourth-order valence-corrected chi connectivity index (χ4v) is 2.02. The molecule has 0 aliphatic rings. The first-order valence-corrected chi connectivity index (χ1v) is 7.96. The van der Waals surface area contributed by atoms with Gasteiger partial charge in [-0.3, -0.25) is 4.79 Å². The van der Waals surface area contributed by atoms with Gasteiger partial charge in [0.2, 0.25) is 0 Å². The molecule has 5 nitrogen and oxygen atoms in total. The van der Waals surface area contributed by atoms with Gasteiger partial charge in [-0.2, -0.15) is 0 Å². The molecular weight excluding hydrogens is 344 g/mol. The van der Waals surface area contributed by atoms with Crippen LogP contribution in [0.15, 0.2) is 41.1 Å². The number of carbonyl (C=O) groups excluding carboxylic acids is 1. The van der Waals surface area contributed by atoms with Crippen LogP contribution in [0.3, 0.4) is 0 Å². The van der Waals surface area contributed by atoms with E-state index in [-0.39, 0.29) is 5.91 Å². The second kappa shape index (κ2) is 7.89. The van der Waals surface area contributed by atoms with Crippen molar-refractivity contribution in [3.63, 3.8) is 0 Å². The van der Waals surface area contributed by atoms with Gasteiger partial charge in [0.25, 0.3) is 5.91 Å². The topological polar surface area (TPSA) is 66.9 Å². The molecule has 0 aliphatic heterocycles. The number of amides is 1. The van der Waals surface area contributed by atoms with Crippen molar-refractivity contribution in [2.24, 2.45) is 5.92 Å². The third kappa shape index (κ3) is 5.11. The Morgan fingerprint density at radius 3 is 2.50 bits per heavy atom. The molecule has 0 saturated carbocycles. The highest BCUT2D eigenvalue weighted by Crippen LogP contribution is 2.17. The number of nitrogens with one attached hydrogen (secondary N) is 2. The van der Waals surface area contributed by atoms with Crippen LogP contribution in [-0.2, 0) is 0 Å². The monoisotopic (exact) mass is 362 g/mol. The minimum absolute atomic E-state index is 0.191. The Morgan fingerprint density at radius 1 is 1.18 bits per heavy atom. The lowest BCUT2D eigenvalue weighted by Gasteiger charge is -2.08. The lowest BCUT2D eigenvalue weighted by Crippen LogP contribution is -2.26. The van der Waals surface area contributed by atoms with Crippen LogP contribution in [0.25, 0.3) is 0 Å². The van der Waals surface area contributed by atoms with Crippen molar-refractivity contribution in [2.75, 3.05) is 11.9 Å². The van der Waals surface area contributed by atoms with Crippen molar-refractivity contribution in [3.8, 4) is 0 Å². The molecular formula is C16H19BrN4O. The second-order valence-electron chi connectivity index (χ2n) is 5.36. The van der Waals surface area contributed by atoms with Gasteiger partial charge in [0.15, 0.2) is 0 Å². The Morgan fingerprint density at radius 2 is 1.91 bits per heavy atom. The van der Waals surface area contributed by atoms with Gasteiger partial charge in [0.05, 0.1) is 12.4 Å². The van der Waals surface area contributed by atoms with E-state index in [1.807, 2.05) is 24.3 Å². The Balaban J connectivity index is 1.92. The molecule has 1 aromatic carbocycles. The molecule has 0 radical (unpaired) electrons. The van der Waals surface area contributed by atoms with Gasteiger partial charge >= 0.3 is 0 Å². The van der Waals surface area contributed by atoms with Crippen molar-refractivity contribution in [2.45, 2.75) is 20.3 Å². The molecule has 2 N–H and O–H groups in total. The SMILES string of the molecule is CC(C)CCNC(=O)c1cnc(Nc2ccc(Br)cc2)cn1. The maximum absolute atomic E-state index is 11.9. The molecule has 2 rings (SSSR count). The van der Waals surface area contributed by atoms with Gasteiger partial charge in [0.1, 0.15) is 11.5 Å². The maximum Gasteiger partial charge on any atom is 0.271 e. The lowest BCUT2D eigenvalue weighted by atomic mass is 10.1. The number of hydrogen-bond donors (Lipinski definition) is 2. The Hall–Kier alpha value is -1.95. The number of hydrogen-bond acceptors (Lipinski definition) is 4. The predicted octanol–water partition coefficient (Wildman–Crippen LogP) is 3.76. The molecule has 0 atom stereocenters. The van der Waals surface area contributed by atoms with Gasteiger partial charge in [-0.05, 0) is 36.6 Å². The van der Waals surface area contributed by atoms with E-state index in [0.717, 1.165) is 16.6 Å². The molecule has 0 unspecified atom stereocenters. The van der Waals surface area contributed by atoms with Gasteiger partial charge in [0, 0.05) is 16.7 Å². The van der Waals surface area contributed by atoms with E-state index in [2.05, 4.69) is 50.4 Å². The third-order valence-corrected chi connectivity index (χ3v) is 3.54. The van der Waals surface area contributed by atoms with Gasteiger partial charge in [-0.1, -0.05) is 29.8 Å². The molecule has 1 heterocycles. The van der Waals surface area contributed by atoms with E-state index in [0.29, 0.717) is 24.0 Å². The van der Waals surface area contributed by atoms with Crippen molar-refractivity contribution >= 4 is 33.3 Å². The fourth-order valence-electron chi connectivity index (χ4n) is 1.76. The van der Waals surface area contributed by atoms with Crippen LogP contribution in [0.2, 0.25) is 0 Å². The highest BCUT2D eigenvalue weighted by Gasteiger charge is 2.07. The summed E-state index contributed by atoms with van der Waals surface area (Å²) in [7, 11) is 0. The first-order valence-electron chi connectivity index (χ1n) is 7.17. The molecule has 0 bridgehead atoms. The van der Waals surface area contributed by atoms with Crippen LogP contribution in [0.4, 0.5) is 11.5 Å². The zero-order chi connectivity index (χ0) is 15.9. The van der Waals surface area contributed by atoms with Crippen LogP contribution in [0, 0.1) is 5.92 Å². The van der Waals surface area contributed by atoms with Crippen LogP contribution >= 0.6 is 15.9 Å². The summed E-state index contributed by atoms with van der Waals surface area (Å²) in [5.41, 5.74) is 1.23. The number of aromatic nitrogens is 2. The summed E-state index contributed by atoms with van der Waals surface area (Å²) >= 11 is 3.39. The largest absolute Gasteiger partial charge is 0.351 e. The summed E-state index contributed by atoms with van der Waals surface area (Å²) in [5, 5.41) is 5.97. The fraction of sp³-hybridized carbons (Fsp3) is 0.312. The molecule has 116 valence electrons. The average Bonchev–Trinajstić information content (AvgIpc) is 2.50. The van der Waals surface area contributed by atoms with Crippen molar-refractivity contribution in [1.82, 2.24) is 15.3 Å². The van der Waals surface area contributed by atoms with E-state index in [1.54, 1.807) is 6.20 Å². The Bertz CT molecular complexity index is 611. The standard InChI is InChI=1S/C16H19BrN4O/c1-11(2)7-8-18-16(22)14-9-20-15(10-19-14)21-13-5-3-12(17)4-6-13/h3-6,9-11H,7-8H2,1-2H3,(H,18,22)(H,20,21). The minimum Gasteiger partial charge on any atom is -0.351 e. The van der Waals surface area contributed by atoms with E-state index < -0.39 is 0 Å². The summed E-state index contributed by atoms with van der Waals surface area (Å²) in [6.07, 6.45) is 3.98. The summed E-state index contributed by atoms with van der Waals surface area (Å²) in [5.74, 6) is 0.966. The Labute approximate surface area is 138 Å². The lowest BCUT2D eigenvalue weighted by molar-refractivity contribution is 0.0946. The van der Waals surface area contributed by atoms with Gasteiger partial charge < -0.3 is 10.6 Å². The highest BCUT2D eigenvalue weighted by atomic mass is 79.9. The smallest absolute Gasteiger partial charge is 0.271 e. The highest BCUT2D eigenvalue weighted by molar-refractivity contribution is 9.10. The zero-order valence-corrected chi connectivity index (χ0v) is 14.2. The normalized spacial score (nSPS) is 10.5. The third-order valence-electron chi connectivity index (χ3n) is 3.01. The zero-order valence-electron chi connectivity index (χ0n) is 12.6. The summed E-state index contributed by atoms with van der Waals surface area (Å²) < 4.78 is 1.01. The quantitative estimate of drug-likeness (QED) is 0.820. The number of rotatable bonds is 6. The number of benzene rings is 1. The van der Waals surface area contributed by atoms with E-state index in [1.165, 1.54) is 6.20 Å². The molecule has 0 aliphatic carbocycles. The van der Waals surface area contributed by atoms with Gasteiger partial charge in [-0.15, -0.1) is 0 Å². The number of nitrogens with zero attached hydrogens (tertiary/aromatic N) is 2. The molecule has 0 spiro atoms. The molecule has 0 fully saturated rings. The van der Waals surface area contributed by atoms with Crippen molar-refractivity contribution in [1.29, 1.82) is 0 Å². The minimum atomic E-state index is -0.191. The number of anilines is 2. The van der Waals surface area contributed by atoms with Gasteiger partial charge in [-0.25, -0.2) is 9.97 Å². The molecule has 22 heavy (non-hydrogen) atoms. The summed E-state index contributed by atoms with van der Waals surface area (Å²) in [6, 6.07) is 7.73. The van der Waals surface area contributed by atoms with Crippen LogP contribution in [-0.4, -0.2) is 22.4 Å². The molecule has 1 aromatic heterocycles. The van der Waals surface area contributed by atoms with Crippen LogP contribution in [0.5, 0.6) is 0 Å². The Kier molecular flexibility index (Phi) is 5.89. The first kappa shape index (κ1) is 16.4. The molecule has 2 aromatic rings. The van der Waals surface area contributed by atoms with Crippen LogP contribution < -0.4 is 10.6 Å². The van der Waals surface area contributed by atoms with E-state index >= 15 is 0 Å². The average molecular weight is 363 g/mol. The predicted molar refractivity (Wildman–Crippen MR) is 91.2 cm³/mol. The number of carbonyl (C=O) groups is 1. The van der Waals surface area contributed by atoms with E-state index in [9.17, 15) is 4.79 Å². The summed E-state index contributed by atoms with van der Waals surface area (Å²) in [4.78, 5) is 20.3. The van der Waals surface area contributed by atoms with Crippen molar-refractivity contribution in [3.05, 3.63) is 46.8 Å². The molecule has 0 saturated heterocycles. The summed E-state index contributed by atoms with van der Waals surface area (Å²) in [6.45, 7) is 4.89. The van der Waals surface area contributed by atoms with E-state index in [4.69, 9.17) is 0 Å². The first-order chi connectivity index (χ1) is 10.5. The van der Waals surface area contributed by atoms with Crippen molar-refractivity contribution < 1.29 is 4.79 Å².